The number of fused-ring (bicyclic) bond motifs is 6. The molecule has 9 rings (SSSR count). The Hall–Kier alpha value is -5.75. The number of H-pyrrole nitrogens is 1. The van der Waals surface area contributed by atoms with Crippen molar-refractivity contribution in [1.82, 2.24) is 19.5 Å². The van der Waals surface area contributed by atoms with Gasteiger partial charge in [0.25, 0.3) is 0 Å². The second-order valence-corrected chi connectivity index (χ2v) is 11.5. The zero-order chi connectivity index (χ0) is 29.2. The Morgan fingerprint density at radius 1 is 0.727 bits per heavy atom. The number of benzene rings is 4. The molecule has 0 saturated carbocycles. The Balaban J connectivity index is 1.27. The van der Waals surface area contributed by atoms with Crippen LogP contribution in [0.2, 0.25) is 0 Å². The third kappa shape index (κ3) is 3.71. The normalized spacial score (nSPS) is 12.9. The summed E-state index contributed by atoms with van der Waals surface area (Å²) >= 11 is 0. The van der Waals surface area contributed by atoms with E-state index in [-0.39, 0.29) is 0 Å². The molecule has 1 aliphatic heterocycles. The predicted molar refractivity (Wildman–Crippen MR) is 177 cm³/mol. The van der Waals surface area contributed by atoms with Crippen LogP contribution >= 0.6 is 0 Å². The van der Waals surface area contributed by atoms with Gasteiger partial charge in [0.1, 0.15) is 11.5 Å². The SMILES string of the molecule is C[n+]1c[nH]c2c(-c3ccc4c(n3)N(c3cccc(-n5c6ccccc6c6cccnc65)c3)c3ccccc3CC4)cccc21. The van der Waals surface area contributed by atoms with Gasteiger partial charge in [-0.3, -0.25) is 9.47 Å². The number of imidazole rings is 1. The van der Waals surface area contributed by atoms with E-state index in [4.69, 9.17) is 9.97 Å². The fourth-order valence-electron chi connectivity index (χ4n) is 6.86. The molecule has 0 fully saturated rings. The van der Waals surface area contributed by atoms with Crippen LogP contribution < -0.4 is 9.47 Å². The van der Waals surface area contributed by atoms with Crippen LogP contribution in [0.25, 0.3) is 49.9 Å². The Morgan fingerprint density at radius 3 is 2.52 bits per heavy atom. The van der Waals surface area contributed by atoms with Gasteiger partial charge in [0.2, 0.25) is 6.33 Å². The molecule has 8 aromatic rings. The maximum atomic E-state index is 5.43. The molecule has 6 nitrogen and oxygen atoms in total. The van der Waals surface area contributed by atoms with Gasteiger partial charge in [0.15, 0.2) is 11.0 Å². The number of aromatic nitrogens is 5. The van der Waals surface area contributed by atoms with Gasteiger partial charge in [0.05, 0.1) is 29.5 Å². The maximum absolute atomic E-state index is 5.43. The summed E-state index contributed by atoms with van der Waals surface area (Å²) in [6, 6.07) is 41.0. The molecule has 44 heavy (non-hydrogen) atoms. The van der Waals surface area contributed by atoms with Crippen LogP contribution in [0.5, 0.6) is 0 Å². The second kappa shape index (κ2) is 9.64. The first-order chi connectivity index (χ1) is 21.7. The summed E-state index contributed by atoms with van der Waals surface area (Å²) < 4.78 is 4.38. The van der Waals surface area contributed by atoms with Gasteiger partial charge in [-0.2, -0.15) is 0 Å². The Bertz CT molecular complexity index is 2330. The van der Waals surface area contributed by atoms with Gasteiger partial charge in [-0.15, -0.1) is 0 Å². The van der Waals surface area contributed by atoms with E-state index in [0.717, 1.165) is 74.6 Å². The highest BCUT2D eigenvalue weighted by Gasteiger charge is 2.25. The van der Waals surface area contributed by atoms with Crippen LogP contribution in [0.15, 0.2) is 128 Å². The van der Waals surface area contributed by atoms with Gasteiger partial charge in [-0.25, -0.2) is 19.5 Å². The van der Waals surface area contributed by atoms with E-state index in [9.17, 15) is 0 Å². The minimum Gasteiger partial charge on any atom is -0.294 e. The fraction of sp³-hybridized carbons (Fsp3) is 0.0789. The largest absolute Gasteiger partial charge is 0.294 e. The summed E-state index contributed by atoms with van der Waals surface area (Å²) in [4.78, 5) is 16.1. The minimum absolute atomic E-state index is 0.925. The van der Waals surface area contributed by atoms with Crippen LogP contribution in [0.4, 0.5) is 17.2 Å². The van der Waals surface area contributed by atoms with E-state index in [0.29, 0.717) is 0 Å². The highest BCUT2D eigenvalue weighted by atomic mass is 15.2. The first-order valence-electron chi connectivity index (χ1n) is 15.0. The Morgan fingerprint density at radius 2 is 1.55 bits per heavy atom. The molecule has 0 atom stereocenters. The molecule has 0 spiro atoms. The summed E-state index contributed by atoms with van der Waals surface area (Å²) in [5, 5.41) is 2.35. The average Bonchev–Trinajstić information content (AvgIpc) is 3.57. The number of aryl methyl sites for hydroxylation is 3. The van der Waals surface area contributed by atoms with E-state index < -0.39 is 0 Å². The standard InChI is InChI=1S/C38H28N6/c1-42-24-40-36-31(13-7-17-35(36)42)32-21-20-26-19-18-25-9-2-4-15-33(25)43(37(26)41-32)27-10-6-11-28(23-27)44-34-16-5-3-12-29(34)30-14-8-22-39-38(30)44/h2-17,20-24H,18-19H2,1H3/p+1. The zero-order valence-electron chi connectivity index (χ0n) is 24.3. The summed E-state index contributed by atoms with van der Waals surface area (Å²) in [7, 11) is 2.06. The van der Waals surface area contributed by atoms with E-state index in [2.05, 4.69) is 135 Å². The van der Waals surface area contributed by atoms with Crippen LogP contribution in [-0.2, 0) is 19.9 Å². The topological polar surface area (TPSA) is 53.6 Å². The quantitative estimate of drug-likeness (QED) is 0.219. The summed E-state index contributed by atoms with van der Waals surface area (Å²) in [5.41, 5.74) is 12.2. The molecule has 1 aliphatic rings. The monoisotopic (exact) mass is 569 g/mol. The number of hydrogen-bond donors (Lipinski definition) is 1. The van der Waals surface area contributed by atoms with Gasteiger partial charge in [-0.05, 0) is 84.6 Å². The van der Waals surface area contributed by atoms with Crippen molar-refractivity contribution in [2.45, 2.75) is 12.8 Å². The van der Waals surface area contributed by atoms with Crippen LogP contribution in [0, 0.1) is 0 Å². The summed E-state index contributed by atoms with van der Waals surface area (Å²) in [5.74, 6) is 0.970. The number of para-hydroxylation sites is 3. The fourth-order valence-corrected chi connectivity index (χ4v) is 6.86. The third-order valence-electron chi connectivity index (χ3n) is 8.94. The van der Waals surface area contributed by atoms with Crippen molar-refractivity contribution >= 4 is 50.2 Å². The van der Waals surface area contributed by atoms with E-state index in [1.54, 1.807) is 0 Å². The first kappa shape index (κ1) is 24.8. The van der Waals surface area contributed by atoms with Crippen molar-refractivity contribution in [3.8, 4) is 16.9 Å². The first-order valence-corrected chi connectivity index (χ1v) is 15.0. The zero-order valence-corrected chi connectivity index (χ0v) is 24.3. The number of pyridine rings is 2. The van der Waals surface area contributed by atoms with E-state index in [1.165, 1.54) is 16.5 Å². The lowest BCUT2D eigenvalue weighted by Gasteiger charge is -2.27. The molecule has 0 unspecified atom stereocenters. The molecule has 1 N–H and O–H groups in total. The third-order valence-corrected chi connectivity index (χ3v) is 8.94. The van der Waals surface area contributed by atoms with Gasteiger partial charge in [0, 0.05) is 28.3 Å². The van der Waals surface area contributed by atoms with Crippen molar-refractivity contribution in [1.29, 1.82) is 0 Å². The highest BCUT2D eigenvalue weighted by molar-refractivity contribution is 6.07. The predicted octanol–water partition coefficient (Wildman–Crippen LogP) is 8.11. The molecule has 0 saturated heterocycles. The van der Waals surface area contributed by atoms with Gasteiger partial charge < -0.3 is 0 Å². The molecule has 6 heteroatoms. The molecule has 0 radical (unpaired) electrons. The lowest BCUT2D eigenvalue weighted by molar-refractivity contribution is -0.644. The van der Waals surface area contributed by atoms with Crippen LogP contribution in [-0.4, -0.2) is 19.5 Å². The maximum Gasteiger partial charge on any atom is 0.242 e. The minimum atomic E-state index is 0.925. The molecule has 210 valence electrons. The molecule has 0 bridgehead atoms. The summed E-state index contributed by atoms with van der Waals surface area (Å²) in [6.07, 6.45) is 5.75. The highest BCUT2D eigenvalue weighted by Crippen LogP contribution is 2.43. The number of nitrogens with one attached hydrogen (secondary N) is 1. The average molecular weight is 570 g/mol. The molecule has 4 aromatic carbocycles. The van der Waals surface area contributed by atoms with Gasteiger partial charge >= 0.3 is 0 Å². The van der Waals surface area contributed by atoms with Crippen LogP contribution in [0.1, 0.15) is 11.1 Å². The lowest BCUT2D eigenvalue weighted by Crippen LogP contribution is -2.24. The molecule has 4 aromatic heterocycles. The molecule has 0 amide bonds. The van der Waals surface area contributed by atoms with Crippen molar-refractivity contribution < 1.29 is 4.57 Å². The van der Waals surface area contributed by atoms with E-state index >= 15 is 0 Å². The Kier molecular flexibility index (Phi) is 5.44. The molecular formula is C38H29N6+. The molecular weight excluding hydrogens is 540 g/mol. The Labute approximate surface area is 254 Å². The number of nitrogens with zero attached hydrogens (tertiary/aromatic N) is 5. The number of rotatable bonds is 3. The van der Waals surface area contributed by atoms with Crippen molar-refractivity contribution in [2.75, 3.05) is 4.90 Å². The molecule has 5 heterocycles. The summed E-state index contributed by atoms with van der Waals surface area (Å²) in [6.45, 7) is 0. The lowest BCUT2D eigenvalue weighted by atomic mass is 10.0. The van der Waals surface area contributed by atoms with Crippen LogP contribution in [0.3, 0.4) is 0 Å². The number of anilines is 3. The van der Waals surface area contributed by atoms with Gasteiger partial charge in [-0.1, -0.05) is 54.6 Å². The number of hydrogen-bond acceptors (Lipinski definition) is 3. The second-order valence-electron chi connectivity index (χ2n) is 11.5. The smallest absolute Gasteiger partial charge is 0.242 e. The van der Waals surface area contributed by atoms with Crippen molar-refractivity contribution in [3.63, 3.8) is 0 Å². The number of aromatic amines is 1. The van der Waals surface area contributed by atoms with Crippen molar-refractivity contribution in [3.05, 3.63) is 139 Å². The molecule has 0 aliphatic carbocycles. The van der Waals surface area contributed by atoms with Crippen molar-refractivity contribution in [2.24, 2.45) is 7.05 Å². The van der Waals surface area contributed by atoms with E-state index in [1.807, 2.05) is 18.6 Å².